The van der Waals surface area contributed by atoms with Gasteiger partial charge < -0.3 is 14.0 Å². The van der Waals surface area contributed by atoms with Crippen LogP contribution in [0.2, 0.25) is 0 Å². The first-order chi connectivity index (χ1) is 23.2. The molecule has 50 heavy (non-hydrogen) atoms. The molecular formula is C43H39N3O2PtS. The summed E-state index contributed by atoms with van der Waals surface area (Å²) >= 11 is 1.78. The van der Waals surface area contributed by atoms with Crippen molar-refractivity contribution in [3.05, 3.63) is 117 Å². The van der Waals surface area contributed by atoms with Crippen LogP contribution in [0, 0.1) is 53.7 Å². The van der Waals surface area contributed by atoms with Crippen molar-refractivity contribution in [2.24, 2.45) is 4.99 Å². The number of hydrogen-bond donors (Lipinski definition) is 0. The number of nitrogens with zero attached hydrogens (tertiary/aromatic N) is 3. The van der Waals surface area contributed by atoms with Gasteiger partial charge in [-0.05, 0) is 74.7 Å². The van der Waals surface area contributed by atoms with Crippen molar-refractivity contribution < 1.29 is 30.5 Å². The van der Waals surface area contributed by atoms with Crippen LogP contribution in [0.3, 0.4) is 0 Å². The van der Waals surface area contributed by atoms with Crippen LogP contribution in [-0.2, 0) is 36.8 Å². The molecule has 1 aliphatic carbocycles. The molecule has 2 atom stereocenters. The second-order valence-corrected chi connectivity index (χ2v) is 16.2. The topological polar surface area (TPSA) is 48.6 Å². The van der Waals surface area contributed by atoms with E-state index in [2.05, 4.69) is 134 Å². The fourth-order valence-electron chi connectivity index (χ4n) is 8.88. The Morgan fingerprint density at radius 2 is 1.54 bits per heavy atom. The smallest absolute Gasteiger partial charge is 0.510 e. The largest absolute Gasteiger partial charge is 2.00 e. The van der Waals surface area contributed by atoms with Crippen LogP contribution in [0.1, 0.15) is 77.8 Å². The number of benzene rings is 4. The standard InChI is InChI=1S/C43H39N3O2S.Pt/c1-22-16-27(6)37-30(17-22)42(9)43(10,41(37,7)8)48-40(45-42)29-20-32(25(4)18-24(29)3)47-33-21-31-35(19-26(33)5)49-34-13-11-12-28-36-23(2)14-15-44-39(36)46(31)38(28)34;/h11-19H,1-10H3;/q-2;+2/t42-,43+;/m1./s1. The Morgan fingerprint density at radius 1 is 0.800 bits per heavy atom. The van der Waals surface area contributed by atoms with Gasteiger partial charge in [-0.15, -0.1) is 23.3 Å². The van der Waals surface area contributed by atoms with E-state index in [1.807, 2.05) is 6.20 Å². The van der Waals surface area contributed by atoms with Crippen LogP contribution in [0.4, 0.5) is 0 Å². The molecule has 254 valence electrons. The Kier molecular flexibility index (Phi) is 7.21. The van der Waals surface area contributed by atoms with Crippen molar-refractivity contribution in [1.82, 2.24) is 9.55 Å². The summed E-state index contributed by atoms with van der Waals surface area (Å²) < 4.78 is 16.1. The molecule has 0 spiro atoms. The van der Waals surface area contributed by atoms with E-state index in [0.717, 1.165) is 38.5 Å². The Morgan fingerprint density at radius 3 is 2.32 bits per heavy atom. The van der Waals surface area contributed by atoms with Gasteiger partial charge in [-0.1, -0.05) is 86.5 Å². The fraction of sp³-hybridized carbons (Fsp3) is 0.302. The summed E-state index contributed by atoms with van der Waals surface area (Å²) in [6, 6.07) is 24.8. The quantitative estimate of drug-likeness (QED) is 0.166. The number of aromatic nitrogens is 2. The SMILES string of the molecule is Cc1cc(C)c2c(c1)[C@@]1(C)N=C(c3[c-]c(Oc4[c-]c5c(cc4C)Sc4cccc6c7c(C)ccnc7n-5c46)c(C)cc3C)O[C@@]1(C)C2(C)C.[Pt+2]. The summed E-state index contributed by atoms with van der Waals surface area (Å²) in [6.45, 7) is 21.8. The molecular weight excluding hydrogens is 818 g/mol. The van der Waals surface area contributed by atoms with Gasteiger partial charge in [0.2, 0.25) is 0 Å². The van der Waals surface area contributed by atoms with E-state index in [1.165, 1.54) is 49.0 Å². The minimum absolute atomic E-state index is 0. The van der Waals surface area contributed by atoms with E-state index in [1.54, 1.807) is 11.8 Å². The van der Waals surface area contributed by atoms with Crippen molar-refractivity contribution in [1.29, 1.82) is 0 Å². The van der Waals surface area contributed by atoms with Gasteiger partial charge in [0, 0.05) is 38.8 Å². The van der Waals surface area contributed by atoms with E-state index in [0.29, 0.717) is 17.4 Å². The molecule has 0 bridgehead atoms. The molecule has 2 aliphatic heterocycles. The minimum Gasteiger partial charge on any atom is -0.510 e. The van der Waals surface area contributed by atoms with E-state index < -0.39 is 11.1 Å². The zero-order valence-corrected chi connectivity index (χ0v) is 33.2. The summed E-state index contributed by atoms with van der Waals surface area (Å²) in [6.07, 6.45) is 1.89. The number of fused-ring (bicyclic) bond motifs is 8. The molecule has 0 amide bonds. The second kappa shape index (κ2) is 10.8. The average Bonchev–Trinajstić information content (AvgIpc) is 3.57. The number of rotatable bonds is 3. The molecule has 0 fully saturated rings. The van der Waals surface area contributed by atoms with Crippen molar-refractivity contribution in [2.45, 2.75) is 95.6 Å². The molecule has 4 aromatic carbocycles. The number of para-hydroxylation sites is 1. The fourth-order valence-corrected chi connectivity index (χ4v) is 10.0. The van der Waals surface area contributed by atoms with E-state index >= 15 is 0 Å². The number of aliphatic imine (C=N–C) groups is 1. The summed E-state index contributed by atoms with van der Waals surface area (Å²) in [5.74, 6) is 1.93. The maximum Gasteiger partial charge on any atom is 2.00 e. The molecule has 0 unspecified atom stereocenters. The van der Waals surface area contributed by atoms with Crippen LogP contribution < -0.4 is 4.74 Å². The molecule has 9 rings (SSSR count). The summed E-state index contributed by atoms with van der Waals surface area (Å²) in [5, 5.41) is 2.39. The average molecular weight is 857 g/mol. The van der Waals surface area contributed by atoms with Gasteiger partial charge >= 0.3 is 21.1 Å². The Hall–Kier alpha value is -3.86. The summed E-state index contributed by atoms with van der Waals surface area (Å²) in [5.41, 5.74) is 11.9. The normalized spacial score (nSPS) is 21.0. The van der Waals surface area contributed by atoms with E-state index in [9.17, 15) is 0 Å². The first-order valence-corrected chi connectivity index (χ1v) is 17.8. The maximum absolute atomic E-state index is 7.03. The molecule has 7 heteroatoms. The monoisotopic (exact) mass is 856 g/mol. The zero-order chi connectivity index (χ0) is 34.4. The molecule has 0 saturated heterocycles. The van der Waals surface area contributed by atoms with Gasteiger partial charge in [0.1, 0.15) is 22.7 Å². The van der Waals surface area contributed by atoms with Crippen molar-refractivity contribution in [3.8, 4) is 17.2 Å². The van der Waals surface area contributed by atoms with E-state index in [-0.39, 0.29) is 26.5 Å². The van der Waals surface area contributed by atoms with Crippen molar-refractivity contribution >= 4 is 39.6 Å². The van der Waals surface area contributed by atoms with E-state index in [4.69, 9.17) is 19.5 Å². The number of hydrogen-bond acceptors (Lipinski definition) is 5. The summed E-state index contributed by atoms with van der Waals surface area (Å²) in [4.78, 5) is 12.6. The Labute approximate surface area is 312 Å². The molecule has 0 N–H and O–H groups in total. The van der Waals surface area contributed by atoms with Crippen LogP contribution >= 0.6 is 11.8 Å². The van der Waals surface area contributed by atoms with Gasteiger partial charge in [-0.2, -0.15) is 17.8 Å². The first kappa shape index (κ1) is 33.3. The third kappa shape index (κ3) is 4.18. The third-order valence-corrected chi connectivity index (χ3v) is 12.8. The molecule has 6 aromatic rings. The van der Waals surface area contributed by atoms with Gasteiger partial charge in [-0.25, -0.2) is 4.98 Å². The molecule has 0 saturated carbocycles. The van der Waals surface area contributed by atoms with Gasteiger partial charge in [0.15, 0.2) is 0 Å². The Bertz CT molecular complexity index is 2510. The number of ether oxygens (including phenoxy) is 2. The number of pyridine rings is 1. The molecule has 3 aliphatic rings. The van der Waals surface area contributed by atoms with Crippen LogP contribution in [0.25, 0.3) is 27.6 Å². The summed E-state index contributed by atoms with van der Waals surface area (Å²) in [7, 11) is 0. The Balaban J connectivity index is 0.00000361. The zero-order valence-electron chi connectivity index (χ0n) is 30.1. The van der Waals surface area contributed by atoms with Crippen molar-refractivity contribution in [2.75, 3.05) is 0 Å². The maximum atomic E-state index is 7.03. The molecule has 2 aromatic heterocycles. The first-order valence-electron chi connectivity index (χ1n) is 17.0. The molecule has 5 nitrogen and oxygen atoms in total. The molecule has 0 radical (unpaired) electrons. The van der Waals surface area contributed by atoms with Gasteiger partial charge in [-0.3, -0.25) is 4.99 Å². The van der Waals surface area contributed by atoms with Crippen LogP contribution in [-0.4, -0.2) is 21.0 Å². The molecule has 4 heterocycles. The minimum atomic E-state index is -0.573. The van der Waals surface area contributed by atoms with Gasteiger partial charge in [0.25, 0.3) is 0 Å². The predicted octanol–water partition coefficient (Wildman–Crippen LogP) is 10.6. The number of aryl methyl sites for hydroxylation is 6. The van der Waals surface area contributed by atoms with Crippen LogP contribution in [0.15, 0.2) is 69.5 Å². The third-order valence-electron chi connectivity index (χ3n) is 11.7. The van der Waals surface area contributed by atoms with Crippen LogP contribution in [0.5, 0.6) is 11.5 Å². The predicted molar refractivity (Wildman–Crippen MR) is 198 cm³/mol. The van der Waals surface area contributed by atoms with Gasteiger partial charge in [0.05, 0.1) is 5.52 Å². The van der Waals surface area contributed by atoms with Crippen molar-refractivity contribution in [3.63, 3.8) is 0 Å². The second-order valence-electron chi connectivity index (χ2n) is 15.1.